The minimum Gasteiger partial charge on any atom is -0.496 e. The van der Waals surface area contributed by atoms with E-state index in [1.54, 1.807) is 7.11 Å². The van der Waals surface area contributed by atoms with Crippen molar-refractivity contribution in [3.8, 4) is 5.75 Å². The first-order valence-electron chi connectivity index (χ1n) is 6.43. The van der Waals surface area contributed by atoms with Gasteiger partial charge in [0.05, 0.1) is 12.5 Å². The third-order valence-corrected chi connectivity index (χ3v) is 4.02. The maximum atomic E-state index is 11.6. The molecule has 0 bridgehead atoms. The fourth-order valence-electron chi connectivity index (χ4n) is 2.59. The van der Waals surface area contributed by atoms with Crippen molar-refractivity contribution in [3.05, 3.63) is 29.3 Å². The van der Waals surface area contributed by atoms with Crippen molar-refractivity contribution in [1.29, 1.82) is 0 Å². The lowest BCUT2D eigenvalue weighted by molar-refractivity contribution is -0.147. The lowest BCUT2D eigenvalue weighted by atomic mass is 9.64. The molecule has 0 aromatic heterocycles. The molecule has 0 heterocycles. The second-order valence-corrected chi connectivity index (χ2v) is 5.36. The van der Waals surface area contributed by atoms with Gasteiger partial charge in [0.15, 0.2) is 0 Å². The molecule has 1 aromatic carbocycles. The minimum atomic E-state index is -0.729. The second-order valence-electron chi connectivity index (χ2n) is 5.36. The van der Waals surface area contributed by atoms with E-state index in [2.05, 4.69) is 13.8 Å². The van der Waals surface area contributed by atoms with E-state index < -0.39 is 11.4 Å². The predicted molar refractivity (Wildman–Crippen MR) is 70.2 cm³/mol. The highest BCUT2D eigenvalue weighted by Gasteiger charge is 2.47. The first-order valence-corrected chi connectivity index (χ1v) is 6.43. The number of carboxylic acid groups (broad SMARTS) is 1. The zero-order chi connectivity index (χ0) is 13.3. The standard InChI is InChI=1S/C15H20O3/c1-10(2)11-5-6-13(18-3)12(9-11)15(14(16)17)7-4-8-15/h5-6,9-10H,4,7-8H2,1-3H3,(H,16,17). The van der Waals surface area contributed by atoms with Gasteiger partial charge in [-0.2, -0.15) is 0 Å². The van der Waals surface area contributed by atoms with Crippen molar-refractivity contribution in [3.63, 3.8) is 0 Å². The summed E-state index contributed by atoms with van der Waals surface area (Å²) in [6, 6.07) is 5.92. The summed E-state index contributed by atoms with van der Waals surface area (Å²) >= 11 is 0. The van der Waals surface area contributed by atoms with E-state index in [1.807, 2.05) is 18.2 Å². The third-order valence-electron chi connectivity index (χ3n) is 4.02. The summed E-state index contributed by atoms with van der Waals surface area (Å²) in [5, 5.41) is 9.53. The van der Waals surface area contributed by atoms with E-state index in [4.69, 9.17) is 4.74 Å². The Kier molecular flexibility index (Phi) is 3.33. The Morgan fingerprint density at radius 2 is 2.06 bits per heavy atom. The first-order chi connectivity index (χ1) is 8.51. The van der Waals surface area contributed by atoms with E-state index in [1.165, 1.54) is 5.56 Å². The highest BCUT2D eigenvalue weighted by Crippen LogP contribution is 2.48. The van der Waals surface area contributed by atoms with Crippen LogP contribution in [0.25, 0.3) is 0 Å². The van der Waals surface area contributed by atoms with Gasteiger partial charge in [-0.05, 0) is 30.4 Å². The summed E-state index contributed by atoms with van der Waals surface area (Å²) in [5.41, 5.74) is 1.28. The minimum absolute atomic E-state index is 0.389. The molecule has 1 fully saturated rings. The molecule has 1 aromatic rings. The number of hydrogen-bond acceptors (Lipinski definition) is 2. The van der Waals surface area contributed by atoms with Crippen LogP contribution in [0.3, 0.4) is 0 Å². The number of hydrogen-bond donors (Lipinski definition) is 1. The maximum absolute atomic E-state index is 11.6. The largest absolute Gasteiger partial charge is 0.496 e. The quantitative estimate of drug-likeness (QED) is 0.889. The highest BCUT2D eigenvalue weighted by molar-refractivity contribution is 5.83. The fourth-order valence-corrected chi connectivity index (χ4v) is 2.59. The molecule has 3 nitrogen and oxygen atoms in total. The van der Waals surface area contributed by atoms with Crippen LogP contribution in [0.1, 0.15) is 50.2 Å². The number of carbonyl (C=O) groups is 1. The average Bonchev–Trinajstić information content (AvgIpc) is 2.26. The van der Waals surface area contributed by atoms with Gasteiger partial charge < -0.3 is 9.84 Å². The molecule has 0 spiro atoms. The van der Waals surface area contributed by atoms with E-state index in [0.29, 0.717) is 24.5 Å². The summed E-state index contributed by atoms with van der Waals surface area (Å²) in [6.07, 6.45) is 2.39. The average molecular weight is 248 g/mol. The van der Waals surface area contributed by atoms with Crippen molar-refractivity contribution in [1.82, 2.24) is 0 Å². The number of methoxy groups -OCH3 is 1. The van der Waals surface area contributed by atoms with Crippen molar-refractivity contribution >= 4 is 5.97 Å². The van der Waals surface area contributed by atoms with Crippen LogP contribution in [-0.4, -0.2) is 18.2 Å². The summed E-state index contributed by atoms with van der Waals surface area (Å²) < 4.78 is 5.35. The molecule has 1 aliphatic carbocycles. The van der Waals surface area contributed by atoms with E-state index in [-0.39, 0.29) is 0 Å². The van der Waals surface area contributed by atoms with Crippen LogP contribution in [0.2, 0.25) is 0 Å². The van der Waals surface area contributed by atoms with Crippen LogP contribution in [0.5, 0.6) is 5.75 Å². The van der Waals surface area contributed by atoms with Gasteiger partial charge in [-0.15, -0.1) is 0 Å². The zero-order valence-corrected chi connectivity index (χ0v) is 11.2. The van der Waals surface area contributed by atoms with Crippen molar-refractivity contribution in [2.45, 2.75) is 44.4 Å². The van der Waals surface area contributed by atoms with E-state index >= 15 is 0 Å². The molecule has 0 unspecified atom stereocenters. The number of aliphatic carboxylic acids is 1. The van der Waals surface area contributed by atoms with Crippen LogP contribution in [0.15, 0.2) is 18.2 Å². The molecule has 0 amide bonds. The molecule has 0 radical (unpaired) electrons. The Labute approximate surface area is 108 Å². The van der Waals surface area contributed by atoms with Crippen LogP contribution in [-0.2, 0) is 10.2 Å². The fraction of sp³-hybridized carbons (Fsp3) is 0.533. The van der Waals surface area contributed by atoms with E-state index in [0.717, 1.165) is 12.0 Å². The van der Waals surface area contributed by atoms with Gasteiger partial charge in [0.25, 0.3) is 0 Å². The summed E-state index contributed by atoms with van der Waals surface area (Å²) in [7, 11) is 1.60. The Hall–Kier alpha value is -1.51. The molecule has 1 aliphatic rings. The van der Waals surface area contributed by atoms with Gasteiger partial charge in [0.2, 0.25) is 0 Å². The Balaban J connectivity index is 2.53. The molecule has 0 saturated heterocycles. The topological polar surface area (TPSA) is 46.5 Å². The van der Waals surface area contributed by atoms with Crippen molar-refractivity contribution in [2.24, 2.45) is 0 Å². The van der Waals surface area contributed by atoms with Crippen LogP contribution in [0, 0.1) is 0 Å². The Bertz CT molecular complexity index is 459. The molecular formula is C15H20O3. The van der Waals surface area contributed by atoms with Gasteiger partial charge in [-0.3, -0.25) is 4.79 Å². The molecule has 3 heteroatoms. The van der Waals surface area contributed by atoms with E-state index in [9.17, 15) is 9.90 Å². The summed E-state index contributed by atoms with van der Waals surface area (Å²) in [5.74, 6) is 0.357. The molecular weight excluding hydrogens is 228 g/mol. The maximum Gasteiger partial charge on any atom is 0.314 e. The van der Waals surface area contributed by atoms with Gasteiger partial charge in [0, 0.05) is 5.56 Å². The van der Waals surface area contributed by atoms with Crippen LogP contribution < -0.4 is 4.74 Å². The monoisotopic (exact) mass is 248 g/mol. The van der Waals surface area contributed by atoms with Gasteiger partial charge in [0.1, 0.15) is 5.75 Å². The number of benzene rings is 1. The smallest absolute Gasteiger partial charge is 0.314 e. The first kappa shape index (κ1) is 12.9. The Morgan fingerprint density at radius 1 is 1.39 bits per heavy atom. The SMILES string of the molecule is COc1ccc(C(C)C)cc1C1(C(=O)O)CCC1. The number of ether oxygens (including phenoxy) is 1. The number of carboxylic acids is 1. The lowest BCUT2D eigenvalue weighted by Crippen LogP contribution is -2.42. The molecule has 1 N–H and O–H groups in total. The molecule has 98 valence electrons. The molecule has 0 atom stereocenters. The second kappa shape index (κ2) is 4.63. The molecule has 2 rings (SSSR count). The van der Waals surface area contributed by atoms with Crippen molar-refractivity contribution in [2.75, 3.05) is 7.11 Å². The summed E-state index contributed by atoms with van der Waals surface area (Å²) in [4.78, 5) is 11.6. The van der Waals surface area contributed by atoms with Crippen LogP contribution in [0.4, 0.5) is 0 Å². The summed E-state index contributed by atoms with van der Waals surface area (Å²) in [6.45, 7) is 4.22. The molecule has 18 heavy (non-hydrogen) atoms. The van der Waals surface area contributed by atoms with Gasteiger partial charge in [-0.1, -0.05) is 32.4 Å². The van der Waals surface area contributed by atoms with Crippen molar-refractivity contribution < 1.29 is 14.6 Å². The zero-order valence-electron chi connectivity index (χ0n) is 11.2. The van der Waals surface area contributed by atoms with Gasteiger partial charge >= 0.3 is 5.97 Å². The molecule has 0 aliphatic heterocycles. The molecule has 1 saturated carbocycles. The highest BCUT2D eigenvalue weighted by atomic mass is 16.5. The third kappa shape index (κ3) is 1.88. The number of rotatable bonds is 4. The lowest BCUT2D eigenvalue weighted by Gasteiger charge is -2.39. The Morgan fingerprint density at radius 3 is 2.44 bits per heavy atom. The predicted octanol–water partition coefficient (Wildman–Crippen LogP) is 3.32. The normalized spacial score (nSPS) is 17.3. The van der Waals surface area contributed by atoms with Crippen LogP contribution >= 0.6 is 0 Å². The van der Waals surface area contributed by atoms with Gasteiger partial charge in [-0.25, -0.2) is 0 Å².